The Morgan fingerprint density at radius 1 is 1.10 bits per heavy atom. The first-order chi connectivity index (χ1) is 14.7. The maximum absolute atomic E-state index is 14.5. The number of rotatable bonds is 7. The van der Waals surface area contributed by atoms with Crippen molar-refractivity contribution in [2.75, 3.05) is 18.4 Å². The smallest absolute Gasteiger partial charge is 0.258 e. The van der Waals surface area contributed by atoms with E-state index in [9.17, 15) is 17.6 Å². The van der Waals surface area contributed by atoms with Crippen LogP contribution >= 0.6 is 0 Å². The van der Waals surface area contributed by atoms with E-state index in [1.807, 2.05) is 30.3 Å². The Balaban J connectivity index is 1.96. The molecule has 1 amide bonds. The Labute approximate surface area is 181 Å². The molecule has 0 radical (unpaired) electrons. The second-order valence-corrected chi connectivity index (χ2v) is 8.92. The molecule has 1 aromatic heterocycles. The molecule has 1 N–H and O–H groups in total. The predicted octanol–water partition coefficient (Wildman–Crippen LogP) is 3.91. The third-order valence-corrected chi connectivity index (χ3v) is 7.10. The van der Waals surface area contributed by atoms with Crippen molar-refractivity contribution >= 4 is 21.6 Å². The van der Waals surface area contributed by atoms with Gasteiger partial charge in [-0.15, -0.1) is 0 Å². The quantitative estimate of drug-likeness (QED) is 0.599. The van der Waals surface area contributed by atoms with Crippen LogP contribution in [-0.2, 0) is 10.0 Å². The summed E-state index contributed by atoms with van der Waals surface area (Å²) in [7, 11) is -3.82. The molecule has 0 saturated heterocycles. The van der Waals surface area contributed by atoms with Crippen molar-refractivity contribution in [2.45, 2.75) is 32.6 Å². The highest BCUT2D eigenvalue weighted by atomic mass is 32.2. The molecule has 0 spiro atoms. The van der Waals surface area contributed by atoms with Crippen molar-refractivity contribution in [3.8, 4) is 5.69 Å². The van der Waals surface area contributed by atoms with E-state index in [-0.39, 0.29) is 23.5 Å². The molecule has 3 rings (SSSR count). The Bertz CT molecular complexity index is 1200. The van der Waals surface area contributed by atoms with Gasteiger partial charge in [-0.2, -0.15) is 9.40 Å². The Kier molecular flexibility index (Phi) is 6.56. The minimum Gasteiger partial charge on any atom is -0.319 e. The van der Waals surface area contributed by atoms with Gasteiger partial charge in [0.15, 0.2) is 0 Å². The number of carbonyl (C=O) groups is 1. The van der Waals surface area contributed by atoms with Crippen LogP contribution in [0.2, 0.25) is 0 Å². The van der Waals surface area contributed by atoms with E-state index < -0.39 is 21.7 Å². The van der Waals surface area contributed by atoms with Crippen LogP contribution in [0.1, 0.15) is 35.6 Å². The molecule has 3 aromatic rings. The largest absolute Gasteiger partial charge is 0.319 e. The van der Waals surface area contributed by atoms with Gasteiger partial charge in [0.1, 0.15) is 5.82 Å². The molecule has 0 bridgehead atoms. The summed E-state index contributed by atoms with van der Waals surface area (Å²) >= 11 is 0. The number of para-hydroxylation sites is 1. The van der Waals surface area contributed by atoms with Crippen LogP contribution in [0.15, 0.2) is 53.4 Å². The molecule has 31 heavy (non-hydrogen) atoms. The van der Waals surface area contributed by atoms with Gasteiger partial charge in [-0.25, -0.2) is 17.5 Å². The van der Waals surface area contributed by atoms with Gasteiger partial charge in [-0.05, 0) is 44.2 Å². The van der Waals surface area contributed by atoms with Gasteiger partial charge in [-0.1, -0.05) is 32.0 Å². The molecule has 0 saturated carbocycles. The minimum atomic E-state index is -3.82. The summed E-state index contributed by atoms with van der Waals surface area (Å²) in [6, 6.07) is 12.6. The number of benzene rings is 2. The molecule has 7 nitrogen and oxygen atoms in total. The second-order valence-electron chi connectivity index (χ2n) is 6.98. The number of nitrogens with one attached hydrogen (secondary N) is 1. The third-order valence-electron chi connectivity index (χ3n) is 5.06. The lowest BCUT2D eigenvalue weighted by Crippen LogP contribution is -2.31. The lowest BCUT2D eigenvalue weighted by Gasteiger charge is -2.19. The first kappa shape index (κ1) is 22.6. The predicted molar refractivity (Wildman–Crippen MR) is 117 cm³/mol. The van der Waals surface area contributed by atoms with Crippen molar-refractivity contribution in [3.63, 3.8) is 0 Å². The fourth-order valence-electron chi connectivity index (χ4n) is 3.38. The molecule has 0 atom stereocenters. The molecule has 1 heterocycles. The van der Waals surface area contributed by atoms with E-state index in [2.05, 4.69) is 10.4 Å². The summed E-state index contributed by atoms with van der Waals surface area (Å²) in [4.78, 5) is 12.7. The van der Waals surface area contributed by atoms with Crippen molar-refractivity contribution in [1.29, 1.82) is 0 Å². The number of hydrogen-bond acceptors (Lipinski definition) is 4. The zero-order valence-electron chi connectivity index (χ0n) is 17.9. The number of halogens is 1. The molecule has 0 aliphatic rings. The molecular weight excluding hydrogens is 419 g/mol. The van der Waals surface area contributed by atoms with Crippen LogP contribution in [0.3, 0.4) is 0 Å². The Morgan fingerprint density at radius 2 is 1.74 bits per heavy atom. The highest BCUT2D eigenvalue weighted by molar-refractivity contribution is 7.89. The fourth-order valence-corrected chi connectivity index (χ4v) is 4.86. The first-order valence-electron chi connectivity index (χ1n) is 9.93. The molecule has 0 aliphatic heterocycles. The third kappa shape index (κ3) is 4.38. The topological polar surface area (TPSA) is 84.3 Å². The lowest BCUT2D eigenvalue weighted by molar-refractivity contribution is 0.102. The van der Waals surface area contributed by atoms with Crippen molar-refractivity contribution in [2.24, 2.45) is 0 Å². The summed E-state index contributed by atoms with van der Waals surface area (Å²) in [5.41, 5.74) is 2.15. The number of nitrogens with zero attached hydrogens (tertiary/aromatic N) is 3. The highest BCUT2D eigenvalue weighted by Crippen LogP contribution is 2.25. The number of sulfonamides is 1. The van der Waals surface area contributed by atoms with Gasteiger partial charge < -0.3 is 5.32 Å². The van der Waals surface area contributed by atoms with E-state index in [4.69, 9.17) is 0 Å². The van der Waals surface area contributed by atoms with Gasteiger partial charge in [0.25, 0.3) is 5.91 Å². The van der Waals surface area contributed by atoms with Crippen LogP contribution in [0, 0.1) is 19.7 Å². The van der Waals surface area contributed by atoms with Crippen LogP contribution < -0.4 is 5.32 Å². The van der Waals surface area contributed by atoms with E-state index in [0.717, 1.165) is 17.8 Å². The lowest BCUT2D eigenvalue weighted by atomic mass is 10.2. The number of amides is 1. The number of hydrogen-bond donors (Lipinski definition) is 1. The number of aryl methyl sites for hydroxylation is 1. The summed E-state index contributed by atoms with van der Waals surface area (Å²) < 4.78 is 42.9. The van der Waals surface area contributed by atoms with Gasteiger partial charge in [-0.3, -0.25) is 4.79 Å². The maximum Gasteiger partial charge on any atom is 0.258 e. The molecular formula is C22H25FN4O3S. The molecule has 164 valence electrons. The number of carbonyl (C=O) groups excluding carboxylic acids is 1. The van der Waals surface area contributed by atoms with Crippen molar-refractivity contribution in [1.82, 2.24) is 14.1 Å². The Hall–Kier alpha value is -3.04. The van der Waals surface area contributed by atoms with Crippen molar-refractivity contribution in [3.05, 3.63) is 71.3 Å². The summed E-state index contributed by atoms with van der Waals surface area (Å²) in [5, 5.41) is 7.15. The van der Waals surface area contributed by atoms with E-state index in [1.54, 1.807) is 32.4 Å². The van der Waals surface area contributed by atoms with E-state index >= 15 is 0 Å². The van der Waals surface area contributed by atoms with E-state index in [1.165, 1.54) is 10.4 Å². The first-order valence-corrected chi connectivity index (χ1v) is 11.4. The van der Waals surface area contributed by atoms with Crippen LogP contribution in [0.4, 0.5) is 10.1 Å². The van der Waals surface area contributed by atoms with Gasteiger partial charge in [0.2, 0.25) is 10.0 Å². The zero-order valence-corrected chi connectivity index (χ0v) is 18.7. The standard InChI is InChI=1S/C22H25FN4O3S/c1-5-26(6-2)31(29,30)18-12-13-20(23)19(14-18)22(28)24-21-15(3)25-27(16(21)4)17-10-8-7-9-11-17/h7-14H,5-6H2,1-4H3,(H,24,28). The highest BCUT2D eigenvalue weighted by Gasteiger charge is 2.25. The fraction of sp³-hybridized carbons (Fsp3) is 0.273. The summed E-state index contributed by atoms with van der Waals surface area (Å²) in [6.07, 6.45) is 0. The second kappa shape index (κ2) is 8.99. The number of aromatic nitrogens is 2. The van der Waals surface area contributed by atoms with Gasteiger partial charge in [0.05, 0.1) is 33.2 Å². The zero-order chi connectivity index (χ0) is 22.8. The van der Waals surface area contributed by atoms with Gasteiger partial charge >= 0.3 is 0 Å². The molecule has 2 aromatic carbocycles. The monoisotopic (exact) mass is 444 g/mol. The van der Waals surface area contributed by atoms with Crippen molar-refractivity contribution < 1.29 is 17.6 Å². The molecule has 0 aliphatic carbocycles. The normalized spacial score (nSPS) is 11.7. The SMILES string of the molecule is CCN(CC)S(=O)(=O)c1ccc(F)c(C(=O)Nc2c(C)nn(-c3ccccc3)c2C)c1. The summed E-state index contributed by atoms with van der Waals surface area (Å²) in [6.45, 7) is 7.51. The number of anilines is 1. The average molecular weight is 445 g/mol. The van der Waals surface area contributed by atoms with Crippen LogP contribution in [0.25, 0.3) is 5.69 Å². The molecule has 0 fully saturated rings. The Morgan fingerprint density at radius 3 is 2.35 bits per heavy atom. The molecule has 0 unspecified atom stereocenters. The molecule has 9 heteroatoms. The minimum absolute atomic E-state index is 0.129. The average Bonchev–Trinajstić information content (AvgIpc) is 3.03. The van der Waals surface area contributed by atoms with Crippen LogP contribution in [-0.4, -0.2) is 41.5 Å². The van der Waals surface area contributed by atoms with Gasteiger partial charge in [0, 0.05) is 13.1 Å². The van der Waals surface area contributed by atoms with E-state index in [0.29, 0.717) is 17.1 Å². The maximum atomic E-state index is 14.5. The van der Waals surface area contributed by atoms with Crippen LogP contribution in [0.5, 0.6) is 0 Å². The summed E-state index contributed by atoms with van der Waals surface area (Å²) in [5.74, 6) is -1.55.